The maximum atomic E-state index is 11.5. The average molecular weight is 406 g/mol. The number of hydrogen-bond acceptors (Lipinski definition) is 5. The van der Waals surface area contributed by atoms with Crippen molar-refractivity contribution in [3.63, 3.8) is 0 Å². The molecule has 2 aromatic rings. The zero-order valence-corrected chi connectivity index (χ0v) is 15.7. The van der Waals surface area contributed by atoms with Gasteiger partial charge >= 0.3 is 5.97 Å². The van der Waals surface area contributed by atoms with Gasteiger partial charge in [-0.3, -0.25) is 4.79 Å². The lowest BCUT2D eigenvalue weighted by atomic mass is 9.95. The first-order valence-corrected chi connectivity index (χ1v) is 9.61. The highest BCUT2D eigenvalue weighted by atomic mass is 35.5. The van der Waals surface area contributed by atoms with Crippen LogP contribution in [0.3, 0.4) is 0 Å². The van der Waals surface area contributed by atoms with Crippen molar-refractivity contribution < 1.29 is 29.3 Å². The maximum Gasteiger partial charge on any atom is 0.333 e. The lowest BCUT2D eigenvalue weighted by molar-refractivity contribution is -0.195. The predicted octanol–water partition coefficient (Wildman–Crippen LogP) is 2.47. The fourth-order valence-electron chi connectivity index (χ4n) is 4.00. The Hall–Kier alpha value is -2.35. The number of rotatable bonds is 5. The number of amides is 1. The van der Waals surface area contributed by atoms with Crippen LogP contribution in [0.2, 0.25) is 0 Å². The maximum absolute atomic E-state index is 11.5. The average Bonchev–Trinajstić information content (AvgIpc) is 3.05. The lowest BCUT2D eigenvalue weighted by Crippen LogP contribution is -2.42. The van der Waals surface area contributed by atoms with Gasteiger partial charge in [0.15, 0.2) is 6.10 Å². The Bertz CT molecular complexity index is 919. The largest absolute Gasteiger partial charge is 0.479 e. The molecule has 0 saturated carbocycles. The van der Waals surface area contributed by atoms with Crippen LogP contribution in [0, 0.1) is 0 Å². The van der Waals surface area contributed by atoms with Gasteiger partial charge < -0.3 is 24.6 Å². The van der Waals surface area contributed by atoms with Crippen molar-refractivity contribution in [2.24, 2.45) is 0 Å². The number of carbonyl (C=O) groups is 2. The molecule has 0 spiro atoms. The Morgan fingerprint density at radius 2 is 2.07 bits per heavy atom. The fraction of sp³-hybridized carbons (Fsp3) is 0.400. The first kappa shape index (κ1) is 19.0. The third-order valence-electron chi connectivity index (χ3n) is 5.28. The van der Waals surface area contributed by atoms with Crippen molar-refractivity contribution in [2.45, 2.75) is 37.3 Å². The zero-order valence-electron chi connectivity index (χ0n) is 15.0. The van der Waals surface area contributed by atoms with E-state index in [0.29, 0.717) is 18.2 Å². The van der Waals surface area contributed by atoms with E-state index >= 15 is 0 Å². The van der Waals surface area contributed by atoms with Crippen LogP contribution in [0.5, 0.6) is 5.75 Å². The van der Waals surface area contributed by atoms with Crippen LogP contribution in [-0.2, 0) is 14.3 Å². The van der Waals surface area contributed by atoms with Crippen molar-refractivity contribution in [1.82, 2.24) is 0 Å². The highest BCUT2D eigenvalue weighted by Crippen LogP contribution is 2.45. The summed E-state index contributed by atoms with van der Waals surface area (Å²) in [5, 5.41) is 21.0. The molecule has 1 fully saturated rings. The van der Waals surface area contributed by atoms with Gasteiger partial charge in [-0.15, -0.1) is 11.6 Å². The quantitative estimate of drug-likeness (QED) is 0.586. The normalized spacial score (nSPS) is 26.9. The van der Waals surface area contributed by atoms with Crippen molar-refractivity contribution >= 4 is 40.4 Å². The second kappa shape index (κ2) is 7.58. The van der Waals surface area contributed by atoms with Gasteiger partial charge in [0, 0.05) is 42.6 Å². The van der Waals surface area contributed by atoms with Gasteiger partial charge in [0.2, 0.25) is 12.7 Å². The number of aliphatic hydroxyl groups is 1. The molecule has 28 heavy (non-hydrogen) atoms. The number of carboxylic acid groups (broad SMARTS) is 1. The Kier molecular flexibility index (Phi) is 5.14. The first-order chi connectivity index (χ1) is 13.5. The van der Waals surface area contributed by atoms with Crippen molar-refractivity contribution in [2.75, 3.05) is 17.3 Å². The van der Waals surface area contributed by atoms with Crippen LogP contribution in [0.4, 0.5) is 5.69 Å². The number of fused-ring (bicyclic) bond motifs is 3. The molecule has 1 amide bonds. The van der Waals surface area contributed by atoms with E-state index in [-0.39, 0.29) is 18.8 Å². The van der Waals surface area contributed by atoms with E-state index in [4.69, 9.17) is 21.1 Å². The predicted molar refractivity (Wildman–Crippen MR) is 103 cm³/mol. The second-order valence-corrected chi connectivity index (χ2v) is 7.41. The molecular weight excluding hydrogens is 386 g/mol. The molecule has 2 N–H and O–H groups in total. The number of carboxylic acids is 1. The van der Waals surface area contributed by atoms with E-state index in [9.17, 15) is 19.8 Å². The van der Waals surface area contributed by atoms with Gasteiger partial charge in [0.25, 0.3) is 0 Å². The number of aliphatic hydroxyl groups excluding tert-OH is 1. The number of ether oxygens (including phenoxy) is 2. The van der Waals surface area contributed by atoms with Crippen molar-refractivity contribution in [1.29, 1.82) is 0 Å². The molecule has 0 bridgehead atoms. The number of aliphatic carboxylic acids is 1. The van der Waals surface area contributed by atoms with Crippen LogP contribution in [0.25, 0.3) is 10.8 Å². The molecule has 8 heteroatoms. The zero-order chi connectivity index (χ0) is 19.8. The summed E-state index contributed by atoms with van der Waals surface area (Å²) in [5.41, 5.74) is 1.72. The lowest BCUT2D eigenvalue weighted by Gasteiger charge is -2.31. The van der Waals surface area contributed by atoms with Gasteiger partial charge in [0.05, 0.1) is 11.8 Å². The molecule has 2 aliphatic rings. The topological polar surface area (TPSA) is 96.3 Å². The standard InChI is InChI=1S/C20H20ClNO6/c21-8-11-9-22(10-23)15-7-16(13-3-1-2-4-14(13)19(11)15)27-18-6-12(24)5-17(28-18)20(25)26/h1-4,7,10-12,17-18,24H,5-6,8-9H2,(H,25,26). The molecule has 2 aromatic carbocycles. The molecule has 7 nitrogen and oxygen atoms in total. The van der Waals surface area contributed by atoms with Crippen LogP contribution < -0.4 is 9.64 Å². The molecule has 1 saturated heterocycles. The number of benzene rings is 2. The molecule has 0 aliphatic carbocycles. The van der Waals surface area contributed by atoms with E-state index in [2.05, 4.69) is 0 Å². The number of alkyl halides is 1. The van der Waals surface area contributed by atoms with Gasteiger partial charge in [-0.1, -0.05) is 24.3 Å². The summed E-state index contributed by atoms with van der Waals surface area (Å²) in [7, 11) is 0. The van der Waals surface area contributed by atoms with E-state index < -0.39 is 24.5 Å². The summed E-state index contributed by atoms with van der Waals surface area (Å²) >= 11 is 6.14. The summed E-state index contributed by atoms with van der Waals surface area (Å²) in [4.78, 5) is 24.4. The fourth-order valence-corrected chi connectivity index (χ4v) is 4.26. The van der Waals surface area contributed by atoms with E-state index in [1.807, 2.05) is 24.3 Å². The third kappa shape index (κ3) is 3.30. The molecule has 2 heterocycles. The minimum atomic E-state index is -1.14. The number of nitrogens with zero attached hydrogens (tertiary/aromatic N) is 1. The second-order valence-electron chi connectivity index (χ2n) is 7.10. The number of carbonyl (C=O) groups excluding carboxylic acids is 1. The molecular formula is C20H20ClNO6. The van der Waals surface area contributed by atoms with E-state index in [1.54, 1.807) is 11.0 Å². The number of halogens is 1. The number of anilines is 1. The highest BCUT2D eigenvalue weighted by molar-refractivity contribution is 6.19. The SMILES string of the molecule is O=CN1CC(CCl)c2c1cc(OC1CC(O)CC(C(=O)O)O1)c1ccccc21. The molecule has 2 aliphatic heterocycles. The van der Waals surface area contributed by atoms with Gasteiger partial charge in [0.1, 0.15) is 5.75 Å². The summed E-state index contributed by atoms with van der Waals surface area (Å²) in [6.07, 6.45) is -1.89. The van der Waals surface area contributed by atoms with Crippen LogP contribution in [0.1, 0.15) is 24.3 Å². The minimum Gasteiger partial charge on any atom is -0.479 e. The molecule has 148 valence electrons. The van der Waals surface area contributed by atoms with Gasteiger partial charge in [-0.05, 0) is 10.9 Å². The molecule has 4 rings (SSSR count). The van der Waals surface area contributed by atoms with Gasteiger partial charge in [-0.2, -0.15) is 0 Å². The molecule has 0 aromatic heterocycles. The van der Waals surface area contributed by atoms with E-state index in [1.165, 1.54) is 0 Å². The Morgan fingerprint density at radius 1 is 1.32 bits per heavy atom. The smallest absolute Gasteiger partial charge is 0.333 e. The monoisotopic (exact) mass is 405 g/mol. The summed E-state index contributed by atoms with van der Waals surface area (Å²) < 4.78 is 11.5. The molecule has 0 radical (unpaired) electrons. The third-order valence-corrected chi connectivity index (χ3v) is 5.65. The summed E-state index contributed by atoms with van der Waals surface area (Å²) in [6, 6.07) is 9.39. The molecule has 4 atom stereocenters. The highest BCUT2D eigenvalue weighted by Gasteiger charge is 2.35. The minimum absolute atomic E-state index is 0.0185. The van der Waals surface area contributed by atoms with Gasteiger partial charge in [-0.25, -0.2) is 4.79 Å². The summed E-state index contributed by atoms with van der Waals surface area (Å²) in [6.45, 7) is 0.496. The Labute approximate surface area is 166 Å². The van der Waals surface area contributed by atoms with Crippen LogP contribution in [-0.4, -0.2) is 53.5 Å². The van der Waals surface area contributed by atoms with Crippen molar-refractivity contribution in [3.8, 4) is 5.75 Å². The van der Waals surface area contributed by atoms with E-state index in [0.717, 1.165) is 28.4 Å². The van der Waals surface area contributed by atoms with Crippen LogP contribution in [0.15, 0.2) is 30.3 Å². The first-order valence-electron chi connectivity index (χ1n) is 9.08. The Balaban J connectivity index is 1.75. The van der Waals surface area contributed by atoms with Crippen molar-refractivity contribution in [3.05, 3.63) is 35.9 Å². The molecule has 4 unspecified atom stereocenters. The summed E-state index contributed by atoms with van der Waals surface area (Å²) in [5.74, 6) is -0.257. The number of hydrogen-bond donors (Lipinski definition) is 2. The Morgan fingerprint density at radius 3 is 2.75 bits per heavy atom. The van der Waals surface area contributed by atoms with Crippen LogP contribution >= 0.6 is 11.6 Å².